The summed E-state index contributed by atoms with van der Waals surface area (Å²) >= 11 is 0. The molecule has 0 saturated heterocycles. The van der Waals surface area contributed by atoms with E-state index in [1.807, 2.05) is 0 Å². The van der Waals surface area contributed by atoms with Crippen molar-refractivity contribution in [2.75, 3.05) is 6.54 Å². The summed E-state index contributed by atoms with van der Waals surface area (Å²) in [6.45, 7) is 3.36. The second-order valence-electron chi connectivity index (χ2n) is 6.16. The van der Waals surface area contributed by atoms with Gasteiger partial charge in [-0.05, 0) is 37.5 Å². The van der Waals surface area contributed by atoms with Crippen molar-refractivity contribution in [3.8, 4) is 0 Å². The molecule has 0 aromatic rings. The van der Waals surface area contributed by atoms with Crippen LogP contribution in [-0.4, -0.2) is 23.8 Å². The number of nitrogens with one attached hydrogen (secondary N) is 1. The maximum atomic E-state index is 9.96. The molecule has 2 nitrogen and oxygen atoms in total. The minimum absolute atomic E-state index is 0.0400. The summed E-state index contributed by atoms with van der Waals surface area (Å²) in [4.78, 5) is 0. The number of aliphatic hydroxyl groups is 1. The Morgan fingerprint density at radius 1 is 1.06 bits per heavy atom. The zero-order chi connectivity index (χ0) is 12.1. The van der Waals surface area contributed by atoms with E-state index in [0.717, 1.165) is 24.9 Å². The highest BCUT2D eigenvalue weighted by atomic mass is 16.3. The Kier molecular flexibility index (Phi) is 5.30. The first-order valence-electron chi connectivity index (χ1n) is 7.71. The molecule has 2 rings (SSSR count). The van der Waals surface area contributed by atoms with Gasteiger partial charge in [0.15, 0.2) is 0 Å². The van der Waals surface area contributed by atoms with E-state index in [9.17, 15) is 5.11 Å². The number of aliphatic hydroxyl groups excluding tert-OH is 1. The number of rotatable bonds is 4. The highest BCUT2D eigenvalue weighted by molar-refractivity contribution is 4.81. The summed E-state index contributed by atoms with van der Waals surface area (Å²) in [6.07, 6.45) is 11.6. The van der Waals surface area contributed by atoms with Gasteiger partial charge in [-0.25, -0.2) is 0 Å². The first-order chi connectivity index (χ1) is 8.29. The van der Waals surface area contributed by atoms with Gasteiger partial charge in [0.1, 0.15) is 0 Å². The fourth-order valence-corrected chi connectivity index (χ4v) is 3.59. The summed E-state index contributed by atoms with van der Waals surface area (Å²) in [5.41, 5.74) is 0. The lowest BCUT2D eigenvalue weighted by molar-refractivity contribution is 0.0665. The molecule has 0 radical (unpaired) electrons. The highest BCUT2D eigenvalue weighted by Crippen LogP contribution is 2.28. The molecule has 0 bridgehead atoms. The lowest BCUT2D eigenvalue weighted by Crippen LogP contribution is -2.40. The molecular formula is C15H29NO. The van der Waals surface area contributed by atoms with E-state index >= 15 is 0 Å². The Hall–Kier alpha value is -0.0800. The quantitative estimate of drug-likeness (QED) is 0.790. The van der Waals surface area contributed by atoms with Crippen LogP contribution < -0.4 is 5.32 Å². The fraction of sp³-hybridized carbons (Fsp3) is 1.00. The van der Waals surface area contributed by atoms with Crippen molar-refractivity contribution in [1.82, 2.24) is 5.32 Å². The van der Waals surface area contributed by atoms with E-state index in [4.69, 9.17) is 0 Å². The van der Waals surface area contributed by atoms with Gasteiger partial charge in [-0.15, -0.1) is 0 Å². The molecule has 0 aromatic heterocycles. The second-order valence-corrected chi connectivity index (χ2v) is 6.16. The highest BCUT2D eigenvalue weighted by Gasteiger charge is 2.25. The monoisotopic (exact) mass is 239 g/mol. The van der Waals surface area contributed by atoms with Gasteiger partial charge in [-0.2, -0.15) is 0 Å². The van der Waals surface area contributed by atoms with Crippen LogP contribution in [0.3, 0.4) is 0 Å². The van der Waals surface area contributed by atoms with Crippen LogP contribution in [0.5, 0.6) is 0 Å². The molecule has 2 aliphatic rings. The van der Waals surface area contributed by atoms with Crippen molar-refractivity contribution < 1.29 is 5.11 Å². The summed E-state index contributed by atoms with van der Waals surface area (Å²) < 4.78 is 0. The van der Waals surface area contributed by atoms with Crippen molar-refractivity contribution in [3.05, 3.63) is 0 Å². The van der Waals surface area contributed by atoms with E-state index in [-0.39, 0.29) is 6.10 Å². The molecule has 0 aliphatic heterocycles. The Balaban J connectivity index is 1.69. The van der Waals surface area contributed by atoms with Gasteiger partial charge in [-0.3, -0.25) is 0 Å². The molecule has 0 aromatic carbocycles. The van der Waals surface area contributed by atoms with Crippen molar-refractivity contribution >= 4 is 0 Å². The van der Waals surface area contributed by atoms with Gasteiger partial charge in [0, 0.05) is 12.6 Å². The SMILES string of the molecule is CC[C@@H]1CCC[C@H](NC[C@@H]2CCCC[C@@H]2O)C1. The number of hydrogen-bond donors (Lipinski definition) is 2. The molecule has 2 aliphatic carbocycles. The minimum atomic E-state index is -0.0400. The summed E-state index contributed by atoms with van der Waals surface area (Å²) in [7, 11) is 0. The topological polar surface area (TPSA) is 32.3 Å². The Labute approximate surface area is 106 Å². The third-order valence-corrected chi connectivity index (χ3v) is 4.90. The molecule has 2 saturated carbocycles. The largest absolute Gasteiger partial charge is 0.393 e. The fourth-order valence-electron chi connectivity index (χ4n) is 3.59. The van der Waals surface area contributed by atoms with Gasteiger partial charge in [0.25, 0.3) is 0 Å². The van der Waals surface area contributed by atoms with E-state index < -0.39 is 0 Å². The zero-order valence-electron chi connectivity index (χ0n) is 11.3. The van der Waals surface area contributed by atoms with Crippen LogP contribution in [0.15, 0.2) is 0 Å². The lowest BCUT2D eigenvalue weighted by atomic mass is 9.83. The van der Waals surface area contributed by atoms with Crippen molar-refractivity contribution in [3.63, 3.8) is 0 Å². The van der Waals surface area contributed by atoms with Crippen molar-refractivity contribution in [2.24, 2.45) is 11.8 Å². The predicted octanol–water partition coefficient (Wildman–Crippen LogP) is 3.10. The normalized spacial score (nSPS) is 39.2. The van der Waals surface area contributed by atoms with Crippen LogP contribution in [0.25, 0.3) is 0 Å². The first kappa shape index (κ1) is 13.4. The standard InChI is InChI=1S/C15H29NO/c1-2-12-6-5-8-14(10-12)16-11-13-7-3-4-9-15(13)17/h12-17H,2-11H2,1H3/t12-,13+,14+,15+/m1/s1. The molecular weight excluding hydrogens is 210 g/mol. The van der Waals surface area contributed by atoms with Gasteiger partial charge in [0.05, 0.1) is 6.10 Å². The third kappa shape index (κ3) is 3.96. The minimum Gasteiger partial charge on any atom is -0.393 e. The average molecular weight is 239 g/mol. The first-order valence-corrected chi connectivity index (χ1v) is 7.71. The van der Waals surface area contributed by atoms with Gasteiger partial charge < -0.3 is 10.4 Å². The van der Waals surface area contributed by atoms with E-state index in [0.29, 0.717) is 5.92 Å². The lowest BCUT2D eigenvalue weighted by Gasteiger charge is -2.33. The zero-order valence-corrected chi connectivity index (χ0v) is 11.3. The second kappa shape index (κ2) is 6.75. The smallest absolute Gasteiger partial charge is 0.0580 e. The average Bonchev–Trinajstić information content (AvgIpc) is 2.38. The van der Waals surface area contributed by atoms with E-state index in [1.54, 1.807) is 0 Å². The molecule has 17 heavy (non-hydrogen) atoms. The van der Waals surface area contributed by atoms with Crippen LogP contribution in [0.4, 0.5) is 0 Å². The van der Waals surface area contributed by atoms with Crippen molar-refractivity contribution in [1.29, 1.82) is 0 Å². The summed E-state index contributed by atoms with van der Waals surface area (Å²) in [5.74, 6) is 1.46. The molecule has 0 amide bonds. The van der Waals surface area contributed by atoms with Crippen LogP contribution in [0.2, 0.25) is 0 Å². The van der Waals surface area contributed by atoms with Gasteiger partial charge in [0.2, 0.25) is 0 Å². The third-order valence-electron chi connectivity index (χ3n) is 4.90. The molecule has 2 heteroatoms. The number of hydrogen-bond acceptors (Lipinski definition) is 2. The van der Waals surface area contributed by atoms with Gasteiger partial charge >= 0.3 is 0 Å². The molecule has 2 fully saturated rings. The maximum Gasteiger partial charge on any atom is 0.0580 e. The molecule has 0 unspecified atom stereocenters. The van der Waals surface area contributed by atoms with Gasteiger partial charge in [-0.1, -0.05) is 39.0 Å². The van der Waals surface area contributed by atoms with Crippen LogP contribution >= 0.6 is 0 Å². The van der Waals surface area contributed by atoms with Crippen molar-refractivity contribution in [2.45, 2.75) is 76.9 Å². The van der Waals surface area contributed by atoms with Crippen LogP contribution in [0, 0.1) is 11.8 Å². The van der Waals surface area contributed by atoms with Crippen LogP contribution in [-0.2, 0) is 0 Å². The Morgan fingerprint density at radius 3 is 2.65 bits per heavy atom. The predicted molar refractivity (Wildman–Crippen MR) is 72.0 cm³/mol. The molecule has 4 atom stereocenters. The maximum absolute atomic E-state index is 9.96. The summed E-state index contributed by atoms with van der Waals surface area (Å²) in [6, 6.07) is 0.725. The summed E-state index contributed by atoms with van der Waals surface area (Å²) in [5, 5.41) is 13.7. The molecule has 100 valence electrons. The Morgan fingerprint density at radius 2 is 1.88 bits per heavy atom. The Bertz CT molecular complexity index is 219. The molecule has 2 N–H and O–H groups in total. The van der Waals surface area contributed by atoms with E-state index in [2.05, 4.69) is 12.2 Å². The molecule has 0 heterocycles. The van der Waals surface area contributed by atoms with Crippen LogP contribution in [0.1, 0.15) is 64.7 Å². The van der Waals surface area contributed by atoms with E-state index in [1.165, 1.54) is 51.4 Å². The molecule has 0 spiro atoms.